The SMILES string of the molecule is CCCC/C(=N\N=C1/NC(=O)C[C@H](C(=O)Nc2ccc(Br)cc2)S1)c1ccccc1. The summed E-state index contributed by atoms with van der Waals surface area (Å²) in [6.45, 7) is 2.13. The van der Waals surface area contributed by atoms with Crippen LogP contribution in [0.15, 0.2) is 69.3 Å². The van der Waals surface area contributed by atoms with Crippen LogP contribution in [-0.4, -0.2) is 27.9 Å². The number of hydrogen-bond donors (Lipinski definition) is 2. The zero-order valence-electron chi connectivity index (χ0n) is 16.6. The number of anilines is 1. The topological polar surface area (TPSA) is 82.9 Å². The molecule has 1 aliphatic rings. The molecule has 1 saturated heterocycles. The Balaban J connectivity index is 1.73. The summed E-state index contributed by atoms with van der Waals surface area (Å²) >= 11 is 4.58. The number of amidine groups is 1. The standard InChI is InChI=1S/C22H23BrN4O2S/c1-2-3-9-18(15-7-5-4-6-8-15)26-27-22-25-20(28)14-19(30-22)21(29)24-17-12-10-16(23)11-13-17/h4-8,10-13,19H,2-3,9,14H2,1H3,(H,24,29)(H,25,27,28)/b26-18+/t19-/m1/s1. The van der Waals surface area contributed by atoms with E-state index < -0.39 is 5.25 Å². The second-order valence-electron chi connectivity index (χ2n) is 6.78. The number of thioether (sulfide) groups is 1. The van der Waals surface area contributed by atoms with Crippen LogP contribution in [0.25, 0.3) is 0 Å². The molecule has 2 aromatic carbocycles. The maximum atomic E-state index is 12.6. The molecule has 1 fully saturated rings. The molecule has 2 amide bonds. The smallest absolute Gasteiger partial charge is 0.238 e. The Hall–Kier alpha value is -2.45. The van der Waals surface area contributed by atoms with Gasteiger partial charge in [0.15, 0.2) is 5.17 Å². The van der Waals surface area contributed by atoms with E-state index in [1.807, 2.05) is 42.5 Å². The summed E-state index contributed by atoms with van der Waals surface area (Å²) in [5, 5.41) is 14.0. The van der Waals surface area contributed by atoms with Gasteiger partial charge in [-0.1, -0.05) is 71.4 Å². The Labute approximate surface area is 188 Å². The van der Waals surface area contributed by atoms with Gasteiger partial charge in [-0.05, 0) is 42.7 Å². The fraction of sp³-hybridized carbons (Fsp3) is 0.273. The van der Waals surface area contributed by atoms with Crippen LogP contribution in [0.1, 0.15) is 38.2 Å². The molecule has 1 heterocycles. The number of nitrogens with zero attached hydrogens (tertiary/aromatic N) is 2. The number of nitrogens with one attached hydrogen (secondary N) is 2. The van der Waals surface area contributed by atoms with Crippen molar-refractivity contribution < 1.29 is 9.59 Å². The van der Waals surface area contributed by atoms with Crippen molar-refractivity contribution in [3.05, 3.63) is 64.6 Å². The average molecular weight is 487 g/mol. The highest BCUT2D eigenvalue weighted by molar-refractivity contribution is 9.10. The molecule has 6 nitrogen and oxygen atoms in total. The summed E-state index contributed by atoms with van der Waals surface area (Å²) in [7, 11) is 0. The molecule has 0 aromatic heterocycles. The monoisotopic (exact) mass is 486 g/mol. The molecular weight excluding hydrogens is 464 g/mol. The summed E-state index contributed by atoms with van der Waals surface area (Å²) in [5.41, 5.74) is 2.55. The first-order chi connectivity index (χ1) is 14.5. The van der Waals surface area contributed by atoms with Gasteiger partial charge in [-0.3, -0.25) is 9.59 Å². The molecule has 0 radical (unpaired) electrons. The van der Waals surface area contributed by atoms with Crippen LogP contribution in [0.3, 0.4) is 0 Å². The minimum Gasteiger partial charge on any atom is -0.325 e. The molecule has 0 aliphatic carbocycles. The predicted octanol–water partition coefficient (Wildman–Crippen LogP) is 4.96. The second-order valence-corrected chi connectivity index (χ2v) is 8.88. The lowest BCUT2D eigenvalue weighted by Crippen LogP contribution is -2.41. The maximum absolute atomic E-state index is 12.6. The van der Waals surface area contributed by atoms with Gasteiger partial charge in [0.2, 0.25) is 11.8 Å². The third-order valence-electron chi connectivity index (χ3n) is 4.41. The zero-order valence-corrected chi connectivity index (χ0v) is 19.0. The number of carbonyl (C=O) groups is 2. The molecule has 8 heteroatoms. The van der Waals surface area contributed by atoms with Crippen molar-refractivity contribution in [3.63, 3.8) is 0 Å². The van der Waals surface area contributed by atoms with Crippen molar-refractivity contribution in [2.24, 2.45) is 10.2 Å². The molecule has 3 rings (SSSR count). The number of hydrogen-bond acceptors (Lipinski definition) is 5. The summed E-state index contributed by atoms with van der Waals surface area (Å²) in [5.74, 6) is -0.475. The van der Waals surface area contributed by atoms with Crippen LogP contribution < -0.4 is 10.6 Å². The first-order valence-electron chi connectivity index (χ1n) is 9.78. The van der Waals surface area contributed by atoms with Crippen molar-refractivity contribution in [2.45, 2.75) is 37.9 Å². The number of rotatable bonds is 7. The summed E-state index contributed by atoms with van der Waals surface area (Å²) in [4.78, 5) is 24.8. The van der Waals surface area contributed by atoms with Gasteiger partial charge in [-0.2, -0.15) is 5.10 Å². The number of halogens is 1. The lowest BCUT2D eigenvalue weighted by atomic mass is 10.1. The van der Waals surface area contributed by atoms with E-state index in [0.29, 0.717) is 10.9 Å². The molecule has 30 heavy (non-hydrogen) atoms. The van der Waals surface area contributed by atoms with E-state index in [2.05, 4.69) is 43.7 Å². The Kier molecular flexibility index (Phi) is 8.21. The largest absolute Gasteiger partial charge is 0.325 e. The first-order valence-corrected chi connectivity index (χ1v) is 11.5. The van der Waals surface area contributed by atoms with Crippen LogP contribution in [-0.2, 0) is 9.59 Å². The average Bonchev–Trinajstić information content (AvgIpc) is 2.75. The van der Waals surface area contributed by atoms with E-state index in [1.54, 1.807) is 12.1 Å². The van der Waals surface area contributed by atoms with Crippen molar-refractivity contribution in [1.29, 1.82) is 0 Å². The van der Waals surface area contributed by atoms with Crippen molar-refractivity contribution >= 4 is 56.1 Å². The minimum atomic E-state index is -0.563. The first kappa shape index (κ1) is 22.2. The molecule has 2 N–H and O–H groups in total. The van der Waals surface area contributed by atoms with E-state index in [1.165, 1.54) is 11.8 Å². The van der Waals surface area contributed by atoms with E-state index in [4.69, 9.17) is 0 Å². The van der Waals surface area contributed by atoms with Gasteiger partial charge in [0.25, 0.3) is 0 Å². The van der Waals surface area contributed by atoms with E-state index in [0.717, 1.165) is 35.0 Å². The Morgan fingerprint density at radius 3 is 2.63 bits per heavy atom. The highest BCUT2D eigenvalue weighted by atomic mass is 79.9. The van der Waals surface area contributed by atoms with Gasteiger partial charge in [0, 0.05) is 16.6 Å². The Morgan fingerprint density at radius 1 is 1.20 bits per heavy atom. The Bertz CT molecular complexity index is 945. The van der Waals surface area contributed by atoms with Gasteiger partial charge < -0.3 is 10.6 Å². The van der Waals surface area contributed by atoms with Gasteiger partial charge in [0.05, 0.1) is 5.71 Å². The summed E-state index contributed by atoms with van der Waals surface area (Å²) < 4.78 is 0.927. The molecule has 2 aromatic rings. The van der Waals surface area contributed by atoms with Crippen LogP contribution in [0.2, 0.25) is 0 Å². The highest BCUT2D eigenvalue weighted by Crippen LogP contribution is 2.23. The third-order valence-corrected chi connectivity index (χ3v) is 6.01. The van der Waals surface area contributed by atoms with Crippen LogP contribution in [0.5, 0.6) is 0 Å². The van der Waals surface area contributed by atoms with Crippen LogP contribution in [0.4, 0.5) is 5.69 Å². The second kappa shape index (κ2) is 11.1. The number of carbonyl (C=O) groups excluding carboxylic acids is 2. The van der Waals surface area contributed by atoms with Crippen molar-refractivity contribution in [2.75, 3.05) is 5.32 Å². The van der Waals surface area contributed by atoms with E-state index in [-0.39, 0.29) is 18.2 Å². The van der Waals surface area contributed by atoms with Gasteiger partial charge >= 0.3 is 0 Å². The molecule has 156 valence electrons. The van der Waals surface area contributed by atoms with E-state index >= 15 is 0 Å². The lowest BCUT2D eigenvalue weighted by Gasteiger charge is -2.21. The fourth-order valence-electron chi connectivity index (χ4n) is 2.83. The summed E-state index contributed by atoms with van der Waals surface area (Å²) in [6.07, 6.45) is 2.93. The fourth-order valence-corrected chi connectivity index (χ4v) is 4.02. The molecular formula is C22H23BrN4O2S. The molecule has 0 bridgehead atoms. The van der Waals surface area contributed by atoms with Crippen molar-refractivity contribution in [3.8, 4) is 0 Å². The van der Waals surface area contributed by atoms with Gasteiger partial charge in [-0.25, -0.2) is 0 Å². The molecule has 1 atom stereocenters. The van der Waals surface area contributed by atoms with Crippen LogP contribution in [0, 0.1) is 0 Å². The molecule has 0 unspecified atom stereocenters. The van der Waals surface area contributed by atoms with Crippen molar-refractivity contribution in [1.82, 2.24) is 5.32 Å². The maximum Gasteiger partial charge on any atom is 0.238 e. The Morgan fingerprint density at radius 2 is 1.93 bits per heavy atom. The predicted molar refractivity (Wildman–Crippen MR) is 127 cm³/mol. The molecule has 0 saturated carbocycles. The summed E-state index contributed by atoms with van der Waals surface area (Å²) in [6, 6.07) is 17.2. The molecule has 0 spiro atoms. The number of benzene rings is 2. The number of unbranched alkanes of at least 4 members (excludes halogenated alkanes) is 1. The van der Waals surface area contributed by atoms with Gasteiger partial charge in [-0.15, -0.1) is 5.10 Å². The zero-order chi connectivity index (χ0) is 21.3. The molecule has 1 aliphatic heterocycles. The van der Waals surface area contributed by atoms with Crippen LogP contribution >= 0.6 is 27.7 Å². The van der Waals surface area contributed by atoms with Gasteiger partial charge in [0.1, 0.15) is 5.25 Å². The highest BCUT2D eigenvalue weighted by Gasteiger charge is 2.30. The number of amides is 2. The normalized spacial score (nSPS) is 18.2. The third kappa shape index (κ3) is 6.53. The quantitative estimate of drug-likeness (QED) is 0.428. The van der Waals surface area contributed by atoms with E-state index in [9.17, 15) is 9.59 Å². The minimum absolute atomic E-state index is 0.0944. The lowest BCUT2D eigenvalue weighted by molar-refractivity contribution is -0.123.